The molecule has 17 heavy (non-hydrogen) atoms. The van der Waals surface area contributed by atoms with Crippen LogP contribution in [-0.4, -0.2) is 35.8 Å². The molecule has 0 aromatic carbocycles. The van der Waals surface area contributed by atoms with Gasteiger partial charge in [-0.25, -0.2) is 9.97 Å². The van der Waals surface area contributed by atoms with Crippen molar-refractivity contribution in [2.45, 2.75) is 39.7 Å². The molecular weight excluding hydrogens is 214 g/mol. The molecule has 94 valence electrons. The predicted octanol–water partition coefficient (Wildman–Crippen LogP) is 1.96. The molecule has 1 unspecified atom stereocenters. The van der Waals surface area contributed by atoms with E-state index in [1.165, 1.54) is 0 Å². The van der Waals surface area contributed by atoms with Crippen molar-refractivity contribution in [2.75, 3.05) is 24.7 Å². The van der Waals surface area contributed by atoms with Crippen LogP contribution in [0, 0.1) is 6.92 Å². The smallest absolute Gasteiger partial charge is 0.132 e. The van der Waals surface area contributed by atoms with E-state index in [0.29, 0.717) is 6.04 Å². The van der Waals surface area contributed by atoms with Gasteiger partial charge in [-0.1, -0.05) is 6.92 Å². The fraction of sp³-hybridized carbons (Fsp3) is 0.692. The molecule has 0 bridgehead atoms. The van der Waals surface area contributed by atoms with Gasteiger partial charge in [-0.15, -0.1) is 0 Å². The Balaban J connectivity index is 2.27. The van der Waals surface area contributed by atoms with Gasteiger partial charge in [0.15, 0.2) is 0 Å². The van der Waals surface area contributed by atoms with Crippen molar-refractivity contribution in [1.29, 1.82) is 0 Å². The van der Waals surface area contributed by atoms with Crippen molar-refractivity contribution in [3.05, 3.63) is 17.6 Å². The van der Waals surface area contributed by atoms with E-state index < -0.39 is 0 Å². The number of hydrogen-bond donors (Lipinski definition) is 0. The zero-order valence-corrected chi connectivity index (χ0v) is 10.9. The number of aryl methyl sites for hydroxylation is 2. The van der Waals surface area contributed by atoms with Crippen molar-refractivity contribution in [3.63, 3.8) is 0 Å². The summed E-state index contributed by atoms with van der Waals surface area (Å²) in [6.45, 7) is 8.87. The number of anilines is 1. The van der Waals surface area contributed by atoms with E-state index in [4.69, 9.17) is 4.74 Å². The molecule has 4 nitrogen and oxygen atoms in total. The zero-order valence-electron chi connectivity index (χ0n) is 10.9. The zero-order chi connectivity index (χ0) is 12.3. The maximum atomic E-state index is 5.52. The van der Waals surface area contributed by atoms with Crippen molar-refractivity contribution in [1.82, 2.24) is 9.97 Å². The normalized spacial score (nSPS) is 21.4. The molecule has 2 rings (SSSR count). The van der Waals surface area contributed by atoms with Crippen LogP contribution < -0.4 is 4.90 Å². The van der Waals surface area contributed by atoms with E-state index in [0.717, 1.165) is 49.9 Å². The summed E-state index contributed by atoms with van der Waals surface area (Å²) < 4.78 is 5.52. The number of nitrogens with zero attached hydrogens (tertiary/aromatic N) is 3. The standard InChI is InChI=1S/C13H21N3O/c1-4-12-9-13(15-11(3)14-12)16-6-8-17-7-5-10(16)2/h9-10H,4-8H2,1-3H3. The average Bonchev–Trinajstić information content (AvgIpc) is 2.53. The summed E-state index contributed by atoms with van der Waals surface area (Å²) in [5.74, 6) is 1.91. The Morgan fingerprint density at radius 3 is 3.00 bits per heavy atom. The van der Waals surface area contributed by atoms with Gasteiger partial charge in [0, 0.05) is 31.0 Å². The first-order chi connectivity index (χ1) is 8.20. The molecule has 1 saturated heterocycles. The third kappa shape index (κ3) is 2.94. The summed E-state index contributed by atoms with van der Waals surface area (Å²) in [6.07, 6.45) is 2.01. The molecule has 0 N–H and O–H groups in total. The van der Waals surface area contributed by atoms with Crippen molar-refractivity contribution in [3.8, 4) is 0 Å². The first-order valence-electron chi connectivity index (χ1n) is 6.39. The summed E-state index contributed by atoms with van der Waals surface area (Å²) in [6, 6.07) is 2.59. The lowest BCUT2D eigenvalue weighted by Crippen LogP contribution is -2.34. The molecule has 1 aromatic rings. The molecule has 1 atom stereocenters. The van der Waals surface area contributed by atoms with Gasteiger partial charge >= 0.3 is 0 Å². The summed E-state index contributed by atoms with van der Waals surface area (Å²) in [5, 5.41) is 0. The first-order valence-corrected chi connectivity index (χ1v) is 6.39. The maximum absolute atomic E-state index is 5.52. The average molecular weight is 235 g/mol. The monoisotopic (exact) mass is 235 g/mol. The fourth-order valence-electron chi connectivity index (χ4n) is 2.18. The number of aromatic nitrogens is 2. The topological polar surface area (TPSA) is 38.2 Å². The van der Waals surface area contributed by atoms with E-state index >= 15 is 0 Å². The van der Waals surface area contributed by atoms with E-state index in [1.807, 2.05) is 6.92 Å². The first kappa shape index (κ1) is 12.3. The van der Waals surface area contributed by atoms with E-state index in [1.54, 1.807) is 0 Å². The largest absolute Gasteiger partial charge is 0.380 e. The van der Waals surface area contributed by atoms with Crippen molar-refractivity contribution in [2.24, 2.45) is 0 Å². The number of hydrogen-bond acceptors (Lipinski definition) is 4. The van der Waals surface area contributed by atoms with Crippen LogP contribution in [0.15, 0.2) is 6.07 Å². The Bertz CT molecular complexity index is 381. The van der Waals surface area contributed by atoms with E-state index in [2.05, 4.69) is 34.8 Å². The van der Waals surface area contributed by atoms with E-state index in [9.17, 15) is 0 Å². The Kier molecular flexibility index (Phi) is 3.94. The SMILES string of the molecule is CCc1cc(N2CCOCCC2C)nc(C)n1. The minimum absolute atomic E-state index is 0.483. The molecule has 0 aliphatic carbocycles. The molecule has 1 fully saturated rings. The van der Waals surface area contributed by atoms with Crippen LogP contribution in [0.3, 0.4) is 0 Å². The summed E-state index contributed by atoms with van der Waals surface area (Å²) >= 11 is 0. The minimum atomic E-state index is 0.483. The Morgan fingerprint density at radius 1 is 1.41 bits per heavy atom. The van der Waals surface area contributed by atoms with Gasteiger partial charge in [0.05, 0.1) is 6.61 Å². The van der Waals surface area contributed by atoms with Crippen molar-refractivity contribution >= 4 is 5.82 Å². The van der Waals surface area contributed by atoms with Crippen LogP contribution in [0.4, 0.5) is 5.82 Å². The van der Waals surface area contributed by atoms with Crippen LogP contribution in [0.1, 0.15) is 31.8 Å². The van der Waals surface area contributed by atoms with E-state index in [-0.39, 0.29) is 0 Å². The quantitative estimate of drug-likeness (QED) is 0.785. The molecule has 0 amide bonds. The third-order valence-electron chi connectivity index (χ3n) is 3.22. The van der Waals surface area contributed by atoms with Gasteiger partial charge in [-0.2, -0.15) is 0 Å². The minimum Gasteiger partial charge on any atom is -0.380 e. The summed E-state index contributed by atoms with van der Waals surface area (Å²) in [7, 11) is 0. The van der Waals surface area contributed by atoms with Gasteiger partial charge in [0.1, 0.15) is 11.6 Å². The van der Waals surface area contributed by atoms with Gasteiger partial charge in [0.2, 0.25) is 0 Å². The Morgan fingerprint density at radius 2 is 2.24 bits per heavy atom. The number of ether oxygens (including phenoxy) is 1. The fourth-order valence-corrected chi connectivity index (χ4v) is 2.18. The third-order valence-corrected chi connectivity index (χ3v) is 3.22. The Hall–Kier alpha value is -1.16. The maximum Gasteiger partial charge on any atom is 0.132 e. The molecular formula is C13H21N3O. The van der Waals surface area contributed by atoms with Crippen LogP contribution in [-0.2, 0) is 11.2 Å². The molecule has 0 saturated carbocycles. The highest BCUT2D eigenvalue weighted by Crippen LogP contribution is 2.19. The van der Waals surface area contributed by atoms with Gasteiger partial charge in [0.25, 0.3) is 0 Å². The van der Waals surface area contributed by atoms with Crippen LogP contribution in [0.5, 0.6) is 0 Å². The molecule has 0 spiro atoms. The molecule has 1 aliphatic rings. The highest BCUT2D eigenvalue weighted by atomic mass is 16.5. The van der Waals surface area contributed by atoms with Crippen LogP contribution in [0.2, 0.25) is 0 Å². The Labute approximate surface area is 103 Å². The van der Waals surface area contributed by atoms with Gasteiger partial charge in [-0.05, 0) is 26.7 Å². The highest BCUT2D eigenvalue weighted by molar-refractivity contribution is 5.41. The van der Waals surface area contributed by atoms with Crippen LogP contribution in [0.25, 0.3) is 0 Å². The molecule has 0 radical (unpaired) electrons. The van der Waals surface area contributed by atoms with Crippen molar-refractivity contribution < 1.29 is 4.74 Å². The highest BCUT2D eigenvalue weighted by Gasteiger charge is 2.19. The second kappa shape index (κ2) is 5.45. The second-order valence-electron chi connectivity index (χ2n) is 4.56. The predicted molar refractivity (Wildman–Crippen MR) is 68.4 cm³/mol. The lowest BCUT2D eigenvalue weighted by molar-refractivity contribution is 0.150. The lowest BCUT2D eigenvalue weighted by atomic mass is 10.2. The lowest BCUT2D eigenvalue weighted by Gasteiger charge is -2.27. The molecule has 2 heterocycles. The molecule has 4 heteroatoms. The molecule has 1 aromatic heterocycles. The molecule has 1 aliphatic heterocycles. The van der Waals surface area contributed by atoms with Gasteiger partial charge < -0.3 is 9.64 Å². The number of rotatable bonds is 2. The second-order valence-corrected chi connectivity index (χ2v) is 4.56. The summed E-state index contributed by atoms with van der Waals surface area (Å²) in [5.41, 5.74) is 1.12. The van der Waals surface area contributed by atoms with Gasteiger partial charge in [-0.3, -0.25) is 0 Å². The van der Waals surface area contributed by atoms with Crippen LogP contribution >= 0.6 is 0 Å². The summed E-state index contributed by atoms with van der Waals surface area (Å²) in [4.78, 5) is 11.3.